The van der Waals surface area contributed by atoms with Gasteiger partial charge >= 0.3 is 23.5 Å². The Morgan fingerprint density at radius 3 is 2.36 bits per heavy atom. The number of halogens is 1. The predicted molar refractivity (Wildman–Crippen MR) is 192 cm³/mol. The molecule has 0 aliphatic carbocycles. The molecule has 3 unspecified atom stereocenters. The first-order valence-corrected chi connectivity index (χ1v) is 21.7. The average Bonchev–Trinajstić information content (AvgIpc) is 3.59. The summed E-state index contributed by atoms with van der Waals surface area (Å²) in [4.78, 5) is 91.1. The van der Waals surface area contributed by atoms with Crippen molar-refractivity contribution in [1.82, 2.24) is 30.5 Å². The van der Waals surface area contributed by atoms with E-state index in [1.165, 1.54) is 10.8 Å². The Labute approximate surface area is 314 Å². The summed E-state index contributed by atoms with van der Waals surface area (Å²) in [6, 6.07) is 0. The summed E-state index contributed by atoms with van der Waals surface area (Å²) >= 11 is 1.98. The fourth-order valence-electron chi connectivity index (χ4n) is 4.79. The molecule has 0 radical (unpaired) electrons. The zero-order chi connectivity index (χ0) is 39.4. The van der Waals surface area contributed by atoms with E-state index in [4.69, 9.17) is 20.3 Å². The molecule has 1 saturated heterocycles. The highest BCUT2D eigenvalue weighted by Crippen LogP contribution is 2.66. The van der Waals surface area contributed by atoms with E-state index in [1.54, 1.807) is 0 Å². The van der Waals surface area contributed by atoms with Gasteiger partial charge in [0.25, 0.3) is 5.56 Å². The minimum absolute atomic E-state index is 0.00688. The Morgan fingerprint density at radius 2 is 1.66 bits per heavy atom. The van der Waals surface area contributed by atoms with Gasteiger partial charge in [0.2, 0.25) is 23.7 Å². The molecule has 53 heavy (non-hydrogen) atoms. The van der Waals surface area contributed by atoms with Crippen LogP contribution in [0.15, 0.2) is 11.0 Å². The number of hydrogen-bond donors (Lipinski definition) is 10. The van der Waals surface area contributed by atoms with Crippen LogP contribution in [-0.2, 0) is 46.0 Å². The van der Waals surface area contributed by atoms with E-state index >= 15 is 0 Å². The summed E-state index contributed by atoms with van der Waals surface area (Å²) in [6.45, 7) is -0.145. The van der Waals surface area contributed by atoms with Crippen LogP contribution in [0.4, 0.5) is 5.95 Å². The van der Waals surface area contributed by atoms with Crippen LogP contribution in [0.2, 0.25) is 0 Å². The lowest BCUT2D eigenvalue weighted by molar-refractivity contribution is -0.122. The number of carbonyl (C=O) groups is 3. The van der Waals surface area contributed by atoms with Gasteiger partial charge in [-0.25, -0.2) is 13.7 Å². The molecule has 27 heteroatoms. The molecule has 11 N–H and O–H groups in total. The van der Waals surface area contributed by atoms with Gasteiger partial charge < -0.3 is 55.7 Å². The second-order valence-electron chi connectivity index (χ2n) is 11.2. The van der Waals surface area contributed by atoms with Crippen LogP contribution in [0, 0.1) is 11.8 Å². The Morgan fingerprint density at radius 1 is 1.00 bits per heavy atom. The maximum Gasteiger partial charge on any atom is 0.490 e. The molecule has 5 atom stereocenters. The summed E-state index contributed by atoms with van der Waals surface area (Å²) in [5.41, 5.74) is 5.20. The van der Waals surface area contributed by atoms with Gasteiger partial charge in [-0.15, -0.1) is 0 Å². The first kappa shape index (κ1) is 44.6. The third-order valence-electron chi connectivity index (χ3n) is 7.06. The van der Waals surface area contributed by atoms with Crippen molar-refractivity contribution in [3.05, 3.63) is 22.1 Å². The molecule has 0 aromatic carbocycles. The Hall–Kier alpha value is -2.75. The van der Waals surface area contributed by atoms with Gasteiger partial charge in [0.1, 0.15) is 12.3 Å². The molecule has 2 aromatic rings. The number of aliphatic hydroxyl groups excluding tert-OH is 1. The van der Waals surface area contributed by atoms with Crippen LogP contribution >= 0.6 is 46.1 Å². The Balaban J connectivity index is 1.52. The van der Waals surface area contributed by atoms with Crippen molar-refractivity contribution >= 4 is 80.8 Å². The van der Waals surface area contributed by atoms with E-state index < -0.39 is 54.1 Å². The number of aliphatic hydroxyl groups is 1. The van der Waals surface area contributed by atoms with E-state index in [0.29, 0.717) is 36.8 Å². The van der Waals surface area contributed by atoms with Gasteiger partial charge in [-0.2, -0.15) is 13.6 Å². The van der Waals surface area contributed by atoms with Crippen molar-refractivity contribution in [2.24, 2.45) is 0 Å². The SMILES string of the molecule is Nc1nc2c(c(C#CCNC(=O)CCCNC(=O)CCCCCNC(=O)CI)cn2[C@H]2CC(O)[C@@H](COP(=O)(O)OP(=O)(O)OP(=O)(O)O)O2)c(=O)[nH]1. The highest BCUT2D eigenvalue weighted by Gasteiger charge is 2.43. The number of H-pyrrole nitrogens is 1. The van der Waals surface area contributed by atoms with Gasteiger partial charge in [0.15, 0.2) is 5.65 Å². The number of carbonyl (C=O) groups excluding carboxylic acids is 3. The largest absolute Gasteiger partial charge is 0.490 e. The number of ether oxygens (including phenoxy) is 1. The molecule has 3 rings (SSSR count). The minimum Gasteiger partial charge on any atom is -0.390 e. The Bertz CT molecular complexity index is 1890. The number of fused-ring (bicyclic) bond motifs is 1. The van der Waals surface area contributed by atoms with Gasteiger partial charge in [-0.1, -0.05) is 40.9 Å². The number of hydrogen-bond acceptors (Lipinski definition) is 14. The van der Waals surface area contributed by atoms with Crippen molar-refractivity contribution in [2.45, 2.75) is 63.4 Å². The molecule has 23 nitrogen and oxygen atoms in total. The molecule has 0 spiro atoms. The third-order valence-corrected chi connectivity index (χ3v) is 11.6. The molecular weight excluding hydrogens is 886 g/mol. The number of aromatic amines is 1. The smallest absolute Gasteiger partial charge is 0.390 e. The number of nitrogens with zero attached hydrogens (tertiary/aromatic N) is 2. The first-order chi connectivity index (χ1) is 24.8. The lowest BCUT2D eigenvalue weighted by atomic mass is 10.2. The molecule has 1 aliphatic heterocycles. The summed E-state index contributed by atoms with van der Waals surface area (Å²) in [7, 11) is -16.9. The lowest BCUT2D eigenvalue weighted by Gasteiger charge is -2.19. The molecule has 1 aliphatic rings. The highest BCUT2D eigenvalue weighted by molar-refractivity contribution is 14.1. The maximum atomic E-state index is 12.8. The number of amides is 3. The summed E-state index contributed by atoms with van der Waals surface area (Å²) in [5.74, 6) is 4.75. The number of unbranched alkanes of at least 4 members (excludes halogenated alkanes) is 2. The molecule has 0 saturated carbocycles. The number of anilines is 1. The average molecular weight is 925 g/mol. The number of nitrogens with two attached hydrogens (primary N) is 1. The summed E-state index contributed by atoms with van der Waals surface area (Å²) in [5, 5.41) is 18.7. The van der Waals surface area contributed by atoms with Gasteiger partial charge in [-0.3, -0.25) is 28.7 Å². The first-order valence-electron chi connectivity index (χ1n) is 15.7. The summed E-state index contributed by atoms with van der Waals surface area (Å²) in [6.07, 6.45) is 0.457. The number of alkyl halides is 1. The summed E-state index contributed by atoms with van der Waals surface area (Å²) < 4.78 is 53.8. The maximum absolute atomic E-state index is 12.8. The fourth-order valence-corrected chi connectivity index (χ4v) is 8.09. The molecule has 1 fully saturated rings. The zero-order valence-electron chi connectivity index (χ0n) is 27.7. The van der Waals surface area contributed by atoms with Crippen molar-refractivity contribution in [3.8, 4) is 11.8 Å². The van der Waals surface area contributed by atoms with Crippen LogP contribution in [0.1, 0.15) is 56.7 Å². The topological polar surface area (TPSA) is 353 Å². The predicted octanol–water partition coefficient (Wildman–Crippen LogP) is -0.226. The number of nitrogen functional groups attached to an aromatic ring is 1. The molecule has 296 valence electrons. The molecular formula is C26H39IN7O16P3. The van der Waals surface area contributed by atoms with Crippen molar-refractivity contribution < 1.29 is 70.6 Å². The standard InChI is InChI=1S/C26H39IN7O16P3/c27-13-21(38)31-9-3-1-2-7-19(36)30-11-5-8-20(37)29-10-4-6-16-14-34(24-23(16)25(39)33-26(28)32-24)22-12-17(35)18(48-22)15-47-52(43,44)50-53(45,46)49-51(40,41)42/h14,17-18,22,35H,1-3,5,7-13,15H2,(H,29,37)(H,30,36)(H,31,38)(H,43,44)(H,45,46)(H2,40,41,42)(H3,28,32,33,39)/t17?,18-,22-/m1/s1. The minimum atomic E-state index is -5.76. The van der Waals surface area contributed by atoms with Gasteiger partial charge in [0.05, 0.1) is 34.6 Å². The highest BCUT2D eigenvalue weighted by atomic mass is 127. The molecule has 3 amide bonds. The van der Waals surface area contributed by atoms with Gasteiger partial charge in [-0.05, 0) is 19.3 Å². The van der Waals surface area contributed by atoms with E-state index in [0.717, 1.165) is 12.8 Å². The van der Waals surface area contributed by atoms with Crippen LogP contribution in [0.5, 0.6) is 0 Å². The van der Waals surface area contributed by atoms with E-state index in [2.05, 4.69) is 50.9 Å². The molecule has 0 bridgehead atoms. The molecule has 3 heterocycles. The second kappa shape index (κ2) is 20.2. The van der Waals surface area contributed by atoms with E-state index in [1.807, 2.05) is 22.6 Å². The normalized spacial score (nSPS) is 19.5. The second-order valence-corrected chi connectivity index (χ2v) is 16.4. The number of aromatic nitrogens is 3. The van der Waals surface area contributed by atoms with Crippen LogP contribution in [0.3, 0.4) is 0 Å². The quantitative estimate of drug-likeness (QED) is 0.0270. The van der Waals surface area contributed by atoms with Crippen molar-refractivity contribution in [3.63, 3.8) is 0 Å². The van der Waals surface area contributed by atoms with Crippen LogP contribution in [-0.4, -0.2) is 99.8 Å². The van der Waals surface area contributed by atoms with Gasteiger partial charge in [0, 0.05) is 38.5 Å². The zero-order valence-corrected chi connectivity index (χ0v) is 32.6. The number of rotatable bonds is 20. The van der Waals surface area contributed by atoms with Crippen LogP contribution < -0.4 is 27.2 Å². The number of nitrogens with one attached hydrogen (secondary N) is 4. The Kier molecular flexibility index (Phi) is 17.1. The monoisotopic (exact) mass is 925 g/mol. The van der Waals surface area contributed by atoms with Crippen LogP contribution in [0.25, 0.3) is 11.0 Å². The number of phosphoric ester groups is 1. The lowest BCUT2D eigenvalue weighted by Crippen LogP contribution is -2.27. The van der Waals surface area contributed by atoms with Crippen molar-refractivity contribution in [2.75, 3.05) is 36.4 Å². The third kappa shape index (κ3) is 15.5. The molecule has 2 aromatic heterocycles. The van der Waals surface area contributed by atoms with Crippen molar-refractivity contribution in [1.29, 1.82) is 0 Å². The van der Waals surface area contributed by atoms with E-state index in [9.17, 15) is 47.8 Å². The number of phosphoric acid groups is 3. The fraction of sp³-hybridized carbons (Fsp3) is 0.577. The van der Waals surface area contributed by atoms with E-state index in [-0.39, 0.29) is 59.7 Å².